The van der Waals surface area contributed by atoms with Gasteiger partial charge in [-0.1, -0.05) is 6.92 Å². The standard InChI is InChI=1S/C14H23N3O4/c1-9-4-3-6-17(10(9)11(18)19)13(21)16-7-5-14(2,8-16)12(15)20/h9-10H,3-8H2,1-2H3,(H2,15,20)(H,18,19). The van der Waals surface area contributed by atoms with E-state index < -0.39 is 23.3 Å². The molecule has 118 valence electrons. The van der Waals surface area contributed by atoms with Crippen molar-refractivity contribution in [2.24, 2.45) is 17.1 Å². The summed E-state index contributed by atoms with van der Waals surface area (Å²) in [6, 6.07) is -1.08. The molecule has 2 rings (SSSR count). The van der Waals surface area contributed by atoms with Crippen molar-refractivity contribution in [2.75, 3.05) is 19.6 Å². The SMILES string of the molecule is CC1CCCN(C(=O)N2CCC(C)(C(N)=O)C2)C1C(=O)O. The van der Waals surface area contributed by atoms with Crippen LogP contribution in [0.5, 0.6) is 0 Å². The Morgan fingerprint density at radius 2 is 1.95 bits per heavy atom. The molecule has 0 bridgehead atoms. The second-order valence-electron chi connectivity index (χ2n) is 6.48. The van der Waals surface area contributed by atoms with E-state index in [2.05, 4.69) is 0 Å². The number of nitrogens with zero attached hydrogens (tertiary/aromatic N) is 2. The number of rotatable bonds is 2. The number of amides is 3. The molecule has 2 aliphatic rings. The van der Waals surface area contributed by atoms with Gasteiger partial charge in [0, 0.05) is 19.6 Å². The van der Waals surface area contributed by atoms with Gasteiger partial charge in [-0.3, -0.25) is 4.79 Å². The topological polar surface area (TPSA) is 104 Å². The van der Waals surface area contributed by atoms with E-state index >= 15 is 0 Å². The lowest BCUT2D eigenvalue weighted by molar-refractivity contribution is -0.145. The van der Waals surface area contributed by atoms with Crippen molar-refractivity contribution in [3.63, 3.8) is 0 Å². The Hall–Kier alpha value is -1.79. The molecule has 21 heavy (non-hydrogen) atoms. The molecular formula is C14H23N3O4. The number of piperidine rings is 1. The normalized spacial score (nSPS) is 33.0. The number of urea groups is 1. The number of carboxylic acid groups (broad SMARTS) is 1. The summed E-state index contributed by atoms with van der Waals surface area (Å²) in [7, 11) is 0. The Balaban J connectivity index is 2.12. The molecule has 0 saturated carbocycles. The maximum absolute atomic E-state index is 12.6. The smallest absolute Gasteiger partial charge is 0.326 e. The van der Waals surface area contributed by atoms with Crippen LogP contribution in [0.2, 0.25) is 0 Å². The Kier molecular flexibility index (Phi) is 4.11. The number of likely N-dealkylation sites (tertiary alicyclic amines) is 2. The van der Waals surface area contributed by atoms with Crippen molar-refractivity contribution in [2.45, 2.75) is 39.2 Å². The molecule has 0 aromatic carbocycles. The number of carboxylic acids is 1. The average Bonchev–Trinajstić information content (AvgIpc) is 2.81. The zero-order chi connectivity index (χ0) is 15.8. The van der Waals surface area contributed by atoms with Crippen LogP contribution in [-0.4, -0.2) is 58.5 Å². The van der Waals surface area contributed by atoms with E-state index in [9.17, 15) is 19.5 Å². The summed E-state index contributed by atoms with van der Waals surface area (Å²) in [5.74, 6) is -1.45. The van der Waals surface area contributed by atoms with Crippen molar-refractivity contribution >= 4 is 17.9 Å². The van der Waals surface area contributed by atoms with Crippen LogP contribution in [0.3, 0.4) is 0 Å². The van der Waals surface area contributed by atoms with Crippen molar-refractivity contribution < 1.29 is 19.5 Å². The van der Waals surface area contributed by atoms with Crippen molar-refractivity contribution in [1.82, 2.24) is 9.80 Å². The third-order valence-corrected chi connectivity index (χ3v) is 4.77. The van der Waals surface area contributed by atoms with Gasteiger partial charge in [0.15, 0.2) is 0 Å². The van der Waals surface area contributed by atoms with E-state index in [4.69, 9.17) is 5.73 Å². The second-order valence-corrected chi connectivity index (χ2v) is 6.48. The van der Waals surface area contributed by atoms with Gasteiger partial charge in [0.1, 0.15) is 6.04 Å². The van der Waals surface area contributed by atoms with Crippen LogP contribution in [-0.2, 0) is 9.59 Å². The third kappa shape index (κ3) is 2.82. The van der Waals surface area contributed by atoms with E-state index in [-0.39, 0.29) is 18.5 Å². The molecule has 3 unspecified atom stereocenters. The van der Waals surface area contributed by atoms with Gasteiger partial charge in [-0.15, -0.1) is 0 Å². The fourth-order valence-corrected chi connectivity index (χ4v) is 3.29. The molecule has 3 N–H and O–H groups in total. The van der Waals surface area contributed by atoms with E-state index in [1.54, 1.807) is 11.8 Å². The lowest BCUT2D eigenvalue weighted by Crippen LogP contribution is -2.56. The number of primary amides is 1. The number of hydrogen-bond acceptors (Lipinski definition) is 3. The summed E-state index contributed by atoms with van der Waals surface area (Å²) >= 11 is 0. The van der Waals surface area contributed by atoms with E-state index in [1.165, 1.54) is 4.90 Å². The largest absolute Gasteiger partial charge is 0.480 e. The van der Waals surface area contributed by atoms with Gasteiger partial charge in [0.05, 0.1) is 5.41 Å². The van der Waals surface area contributed by atoms with Crippen molar-refractivity contribution in [1.29, 1.82) is 0 Å². The lowest BCUT2D eigenvalue weighted by atomic mass is 9.89. The van der Waals surface area contributed by atoms with Crippen LogP contribution in [0.1, 0.15) is 33.1 Å². The Bertz CT molecular complexity index is 467. The molecule has 0 aromatic heterocycles. The van der Waals surface area contributed by atoms with Crippen LogP contribution < -0.4 is 5.73 Å². The average molecular weight is 297 g/mol. The molecule has 3 amide bonds. The minimum absolute atomic E-state index is 0.0645. The summed E-state index contributed by atoms with van der Waals surface area (Å²) in [4.78, 5) is 38.5. The lowest BCUT2D eigenvalue weighted by Gasteiger charge is -2.39. The first-order valence-electron chi connectivity index (χ1n) is 7.34. The molecule has 2 heterocycles. The predicted molar refractivity (Wildman–Crippen MR) is 75.4 cm³/mol. The number of aliphatic carboxylic acids is 1. The number of nitrogens with two attached hydrogens (primary N) is 1. The van der Waals surface area contributed by atoms with Gasteiger partial charge >= 0.3 is 12.0 Å². The number of carbonyl (C=O) groups excluding carboxylic acids is 2. The molecule has 2 aliphatic heterocycles. The highest BCUT2D eigenvalue weighted by Crippen LogP contribution is 2.32. The summed E-state index contributed by atoms with van der Waals surface area (Å²) in [6.45, 7) is 4.75. The first-order valence-corrected chi connectivity index (χ1v) is 7.34. The molecular weight excluding hydrogens is 274 g/mol. The first kappa shape index (κ1) is 15.6. The Labute approximate surface area is 124 Å². The van der Waals surface area contributed by atoms with Gasteiger partial charge < -0.3 is 20.6 Å². The Morgan fingerprint density at radius 3 is 2.48 bits per heavy atom. The molecule has 7 heteroatoms. The highest BCUT2D eigenvalue weighted by atomic mass is 16.4. The maximum Gasteiger partial charge on any atom is 0.326 e. The van der Waals surface area contributed by atoms with E-state index in [1.807, 2.05) is 6.92 Å². The highest BCUT2D eigenvalue weighted by Gasteiger charge is 2.44. The molecule has 2 saturated heterocycles. The summed E-state index contributed by atoms with van der Waals surface area (Å²) in [6.07, 6.45) is 2.13. The van der Waals surface area contributed by atoms with Gasteiger partial charge in [-0.2, -0.15) is 0 Å². The fraction of sp³-hybridized carbons (Fsp3) is 0.786. The predicted octanol–water partition coefficient (Wildman–Crippen LogP) is 0.489. The number of hydrogen-bond donors (Lipinski definition) is 2. The molecule has 0 aliphatic carbocycles. The summed E-state index contributed by atoms with van der Waals surface area (Å²) in [5, 5.41) is 9.38. The highest BCUT2D eigenvalue weighted by molar-refractivity contribution is 5.85. The van der Waals surface area contributed by atoms with Gasteiger partial charge in [0.2, 0.25) is 5.91 Å². The zero-order valence-electron chi connectivity index (χ0n) is 12.5. The summed E-state index contributed by atoms with van der Waals surface area (Å²) in [5.41, 5.74) is 4.67. The van der Waals surface area contributed by atoms with Crippen LogP contribution in [0.4, 0.5) is 4.79 Å². The van der Waals surface area contributed by atoms with Crippen LogP contribution in [0.15, 0.2) is 0 Å². The third-order valence-electron chi connectivity index (χ3n) is 4.77. The molecule has 7 nitrogen and oxygen atoms in total. The molecule has 0 radical (unpaired) electrons. The van der Waals surface area contributed by atoms with Gasteiger partial charge in [0.25, 0.3) is 0 Å². The number of carbonyl (C=O) groups is 3. The van der Waals surface area contributed by atoms with Gasteiger partial charge in [-0.25, -0.2) is 9.59 Å². The Morgan fingerprint density at radius 1 is 1.29 bits per heavy atom. The zero-order valence-corrected chi connectivity index (χ0v) is 12.5. The molecule has 0 spiro atoms. The van der Waals surface area contributed by atoms with Crippen molar-refractivity contribution in [3.05, 3.63) is 0 Å². The van der Waals surface area contributed by atoms with Crippen LogP contribution >= 0.6 is 0 Å². The van der Waals surface area contributed by atoms with Crippen molar-refractivity contribution in [3.8, 4) is 0 Å². The van der Waals surface area contributed by atoms with Crippen LogP contribution in [0, 0.1) is 11.3 Å². The minimum atomic E-state index is -0.965. The fourth-order valence-electron chi connectivity index (χ4n) is 3.29. The first-order chi connectivity index (χ1) is 9.76. The van der Waals surface area contributed by atoms with Gasteiger partial charge in [-0.05, 0) is 32.1 Å². The molecule has 0 aromatic rings. The van der Waals surface area contributed by atoms with Crippen LogP contribution in [0.25, 0.3) is 0 Å². The van der Waals surface area contributed by atoms with E-state index in [0.717, 1.165) is 12.8 Å². The molecule has 2 fully saturated rings. The minimum Gasteiger partial charge on any atom is -0.480 e. The maximum atomic E-state index is 12.6. The summed E-state index contributed by atoms with van der Waals surface area (Å²) < 4.78 is 0. The molecule has 3 atom stereocenters. The quantitative estimate of drug-likeness (QED) is 0.774. The van der Waals surface area contributed by atoms with E-state index in [0.29, 0.717) is 19.5 Å². The second kappa shape index (κ2) is 5.54. The monoisotopic (exact) mass is 297 g/mol.